The van der Waals surface area contributed by atoms with Gasteiger partial charge in [0.15, 0.2) is 0 Å². The average Bonchev–Trinajstić information content (AvgIpc) is 2.21. The normalized spacial score (nSPS) is 11.3. The summed E-state index contributed by atoms with van der Waals surface area (Å²) in [5.74, 6) is -0.228. The van der Waals surface area contributed by atoms with Crippen molar-refractivity contribution in [1.29, 1.82) is 0 Å². The zero-order chi connectivity index (χ0) is 13.9. The first-order valence-corrected chi connectivity index (χ1v) is 7.14. The lowest BCUT2D eigenvalue weighted by Crippen LogP contribution is -2.24. The van der Waals surface area contributed by atoms with Crippen LogP contribution in [0.4, 0.5) is 5.69 Å². The molecule has 1 rings (SSSR count). The number of carbonyl (C=O) groups is 1. The number of hydrogen-bond donors (Lipinski definition) is 2. The van der Waals surface area contributed by atoms with E-state index in [1.54, 1.807) is 19.9 Å². The van der Waals surface area contributed by atoms with E-state index in [0.29, 0.717) is 17.8 Å². The van der Waals surface area contributed by atoms with E-state index in [0.717, 1.165) is 5.56 Å². The maximum Gasteiger partial charge on any atom is 0.240 e. The summed E-state index contributed by atoms with van der Waals surface area (Å²) in [5.41, 5.74) is 2.00. The fourth-order valence-corrected chi connectivity index (χ4v) is 3.01. The van der Waals surface area contributed by atoms with E-state index in [1.165, 1.54) is 13.0 Å². The third kappa shape index (κ3) is 3.30. The quantitative estimate of drug-likeness (QED) is 0.871. The highest BCUT2D eigenvalue weighted by molar-refractivity contribution is 7.89. The Kier molecular flexibility index (Phi) is 4.48. The van der Waals surface area contributed by atoms with E-state index in [9.17, 15) is 13.2 Å². The minimum atomic E-state index is -3.52. The van der Waals surface area contributed by atoms with Crippen molar-refractivity contribution in [2.75, 3.05) is 11.9 Å². The van der Waals surface area contributed by atoms with Crippen molar-refractivity contribution in [3.8, 4) is 0 Å². The summed E-state index contributed by atoms with van der Waals surface area (Å²) in [7, 11) is -3.52. The third-order valence-electron chi connectivity index (χ3n) is 2.46. The zero-order valence-corrected chi connectivity index (χ0v) is 11.8. The molecule has 0 fully saturated rings. The lowest BCUT2D eigenvalue weighted by molar-refractivity contribution is -0.114. The molecule has 0 unspecified atom stereocenters. The second-order valence-electron chi connectivity index (χ2n) is 4.12. The van der Waals surface area contributed by atoms with Gasteiger partial charge in [0.1, 0.15) is 0 Å². The second-order valence-corrected chi connectivity index (χ2v) is 5.85. The van der Waals surface area contributed by atoms with Crippen molar-refractivity contribution in [3.05, 3.63) is 23.3 Å². The first kappa shape index (κ1) is 14.7. The highest BCUT2D eigenvalue weighted by Crippen LogP contribution is 2.24. The van der Waals surface area contributed by atoms with Crippen molar-refractivity contribution < 1.29 is 13.2 Å². The van der Waals surface area contributed by atoms with Crippen molar-refractivity contribution >= 4 is 21.6 Å². The topological polar surface area (TPSA) is 75.3 Å². The fourth-order valence-electron chi connectivity index (χ4n) is 1.71. The van der Waals surface area contributed by atoms with Crippen molar-refractivity contribution in [1.82, 2.24) is 4.72 Å². The molecule has 6 heteroatoms. The van der Waals surface area contributed by atoms with Crippen LogP contribution in [0.5, 0.6) is 0 Å². The Hall–Kier alpha value is -1.40. The van der Waals surface area contributed by atoms with Gasteiger partial charge >= 0.3 is 0 Å². The van der Waals surface area contributed by atoms with Gasteiger partial charge in [-0.15, -0.1) is 0 Å². The molecule has 5 nitrogen and oxygen atoms in total. The minimum absolute atomic E-state index is 0.193. The third-order valence-corrected chi connectivity index (χ3v) is 4.14. The highest BCUT2D eigenvalue weighted by Gasteiger charge is 2.17. The Bertz CT molecular complexity index is 565. The number of benzene rings is 1. The summed E-state index contributed by atoms with van der Waals surface area (Å²) < 4.78 is 26.4. The van der Waals surface area contributed by atoms with Crippen molar-refractivity contribution in [3.63, 3.8) is 0 Å². The predicted molar refractivity (Wildman–Crippen MR) is 71.1 cm³/mol. The Balaban J connectivity index is 3.33. The van der Waals surface area contributed by atoms with Crippen LogP contribution >= 0.6 is 0 Å². The molecule has 0 aliphatic heterocycles. The molecule has 18 heavy (non-hydrogen) atoms. The van der Waals surface area contributed by atoms with Crippen LogP contribution < -0.4 is 10.0 Å². The van der Waals surface area contributed by atoms with Gasteiger partial charge in [-0.25, -0.2) is 13.1 Å². The van der Waals surface area contributed by atoms with E-state index >= 15 is 0 Å². The largest absolute Gasteiger partial charge is 0.326 e. The molecule has 0 aliphatic rings. The number of carbonyl (C=O) groups excluding carboxylic acids is 1. The Labute approximate surface area is 108 Å². The van der Waals surface area contributed by atoms with Crippen LogP contribution in [0.15, 0.2) is 17.0 Å². The number of rotatable bonds is 4. The number of aryl methyl sites for hydroxylation is 2. The summed E-state index contributed by atoms with van der Waals surface area (Å²) in [6.07, 6.45) is 0. The lowest BCUT2D eigenvalue weighted by Gasteiger charge is -2.13. The molecule has 0 saturated heterocycles. The Morgan fingerprint density at radius 2 is 1.83 bits per heavy atom. The fraction of sp³-hybridized carbons (Fsp3) is 0.417. The molecule has 0 aromatic heterocycles. The van der Waals surface area contributed by atoms with Gasteiger partial charge in [-0.1, -0.05) is 13.0 Å². The summed E-state index contributed by atoms with van der Waals surface area (Å²) >= 11 is 0. The standard InChI is InChI=1S/C12H18N2O3S/c1-5-13-18(16,17)12-7-11(14-10(4)15)8(2)6-9(12)3/h6-7,13H,5H2,1-4H3,(H,14,15). The van der Waals surface area contributed by atoms with Crippen LogP contribution in [0.2, 0.25) is 0 Å². The molecule has 1 amide bonds. The number of amides is 1. The van der Waals surface area contributed by atoms with Crippen LogP contribution in [-0.2, 0) is 14.8 Å². The number of anilines is 1. The van der Waals surface area contributed by atoms with E-state index in [2.05, 4.69) is 10.0 Å². The number of sulfonamides is 1. The van der Waals surface area contributed by atoms with Gasteiger partial charge in [0.2, 0.25) is 15.9 Å². The van der Waals surface area contributed by atoms with E-state index in [1.807, 2.05) is 6.92 Å². The molecule has 0 spiro atoms. The molecule has 1 aromatic carbocycles. The van der Waals surface area contributed by atoms with Crippen LogP contribution in [0, 0.1) is 13.8 Å². The Morgan fingerprint density at radius 1 is 1.22 bits per heavy atom. The molecule has 0 aliphatic carbocycles. The maximum absolute atomic E-state index is 12.0. The van der Waals surface area contributed by atoms with E-state index in [-0.39, 0.29) is 10.8 Å². The molecule has 1 aromatic rings. The minimum Gasteiger partial charge on any atom is -0.326 e. The van der Waals surface area contributed by atoms with Gasteiger partial charge in [-0.3, -0.25) is 4.79 Å². The molecule has 2 N–H and O–H groups in total. The van der Waals surface area contributed by atoms with E-state index < -0.39 is 10.0 Å². The van der Waals surface area contributed by atoms with Crippen LogP contribution in [0.25, 0.3) is 0 Å². The summed E-state index contributed by atoms with van der Waals surface area (Å²) in [4.78, 5) is 11.3. The highest BCUT2D eigenvalue weighted by atomic mass is 32.2. The maximum atomic E-state index is 12.0. The van der Waals surface area contributed by atoms with Crippen molar-refractivity contribution in [2.24, 2.45) is 0 Å². The Morgan fingerprint density at radius 3 is 2.33 bits per heavy atom. The number of nitrogens with one attached hydrogen (secondary N) is 2. The summed E-state index contributed by atoms with van der Waals surface area (Å²) in [6.45, 7) is 6.98. The smallest absolute Gasteiger partial charge is 0.240 e. The second kappa shape index (κ2) is 5.49. The average molecular weight is 270 g/mol. The zero-order valence-electron chi connectivity index (χ0n) is 11.0. The molecular formula is C12H18N2O3S. The SMILES string of the molecule is CCNS(=O)(=O)c1cc(NC(C)=O)c(C)cc1C. The van der Waals surface area contributed by atoms with Gasteiger partial charge in [0.25, 0.3) is 0 Å². The van der Waals surface area contributed by atoms with Gasteiger partial charge in [0.05, 0.1) is 4.90 Å². The van der Waals surface area contributed by atoms with Crippen molar-refractivity contribution in [2.45, 2.75) is 32.6 Å². The summed E-state index contributed by atoms with van der Waals surface area (Å²) in [6, 6.07) is 3.24. The molecule has 0 radical (unpaired) electrons. The molecule has 0 heterocycles. The predicted octanol–water partition coefficient (Wildman–Crippen LogP) is 1.56. The van der Waals surface area contributed by atoms with E-state index in [4.69, 9.17) is 0 Å². The molecule has 0 atom stereocenters. The number of hydrogen-bond acceptors (Lipinski definition) is 3. The van der Waals surface area contributed by atoms with Crippen LogP contribution in [0.1, 0.15) is 25.0 Å². The molecule has 100 valence electrons. The van der Waals surface area contributed by atoms with Gasteiger partial charge in [-0.05, 0) is 31.0 Å². The molecule has 0 saturated carbocycles. The first-order chi connectivity index (χ1) is 8.27. The van der Waals surface area contributed by atoms with Gasteiger partial charge in [-0.2, -0.15) is 0 Å². The van der Waals surface area contributed by atoms with Crippen LogP contribution in [0.3, 0.4) is 0 Å². The molecular weight excluding hydrogens is 252 g/mol. The lowest BCUT2D eigenvalue weighted by atomic mass is 10.1. The monoisotopic (exact) mass is 270 g/mol. The molecule has 0 bridgehead atoms. The van der Waals surface area contributed by atoms with Crippen LogP contribution in [-0.4, -0.2) is 20.9 Å². The van der Waals surface area contributed by atoms with Gasteiger partial charge in [0, 0.05) is 19.2 Å². The first-order valence-electron chi connectivity index (χ1n) is 5.66. The van der Waals surface area contributed by atoms with Gasteiger partial charge < -0.3 is 5.32 Å². The summed E-state index contributed by atoms with van der Waals surface area (Å²) in [5, 5.41) is 2.62.